The van der Waals surface area contributed by atoms with Crippen molar-refractivity contribution in [3.8, 4) is 0 Å². The number of carbonyl (C=O) groups is 2. The maximum absolute atomic E-state index is 12.5. The van der Waals surface area contributed by atoms with E-state index in [0.29, 0.717) is 29.0 Å². The standard InChI is InChI=1S/C17H24N2O3/c1-8-15(10(3)21)9(2)18-16(8)17(22)19-14-6-12-4-11(7-20)5-13(12)14/h11-14,18,20H,4-7H2,1-3H3,(H,19,22)/t11?,12-,13-,14+/m0/s1. The minimum absolute atomic E-state index is 0.0180. The summed E-state index contributed by atoms with van der Waals surface area (Å²) in [7, 11) is 0. The normalized spacial score (nSPS) is 29.8. The van der Waals surface area contributed by atoms with Crippen LogP contribution in [0.15, 0.2) is 0 Å². The Balaban J connectivity index is 1.69. The van der Waals surface area contributed by atoms with Gasteiger partial charge in [0.2, 0.25) is 0 Å². The average molecular weight is 304 g/mol. The lowest BCUT2D eigenvalue weighted by Crippen LogP contribution is -2.50. The second-order valence-electron chi connectivity index (χ2n) is 6.94. The summed E-state index contributed by atoms with van der Waals surface area (Å²) in [4.78, 5) is 27.2. The number of H-pyrrole nitrogens is 1. The molecule has 1 aromatic rings. The van der Waals surface area contributed by atoms with E-state index in [-0.39, 0.29) is 24.3 Å². The van der Waals surface area contributed by atoms with Gasteiger partial charge in [0.15, 0.2) is 5.78 Å². The van der Waals surface area contributed by atoms with Gasteiger partial charge in [-0.2, -0.15) is 0 Å². The van der Waals surface area contributed by atoms with Gasteiger partial charge < -0.3 is 15.4 Å². The molecule has 1 aromatic heterocycles. The van der Waals surface area contributed by atoms with Gasteiger partial charge in [0.05, 0.1) is 0 Å². The Morgan fingerprint density at radius 3 is 2.59 bits per heavy atom. The minimum atomic E-state index is -0.121. The highest BCUT2D eigenvalue weighted by Crippen LogP contribution is 2.49. The topological polar surface area (TPSA) is 82.2 Å². The predicted molar refractivity (Wildman–Crippen MR) is 82.9 cm³/mol. The SMILES string of the molecule is CC(=O)c1c(C)[nH]c(C(=O)N[C@@H]2C[C@@H]3CC(CO)C[C@@H]32)c1C. The molecular weight excluding hydrogens is 280 g/mol. The van der Waals surface area contributed by atoms with Gasteiger partial charge in [-0.1, -0.05) is 0 Å². The Bertz CT molecular complexity index is 620. The number of aromatic amines is 1. The molecule has 5 heteroatoms. The van der Waals surface area contributed by atoms with Crippen LogP contribution in [0, 0.1) is 31.6 Å². The van der Waals surface area contributed by atoms with Gasteiger partial charge >= 0.3 is 0 Å². The molecule has 0 saturated heterocycles. The number of hydrogen-bond acceptors (Lipinski definition) is 3. The first-order valence-corrected chi connectivity index (χ1v) is 8.04. The molecule has 22 heavy (non-hydrogen) atoms. The summed E-state index contributed by atoms with van der Waals surface area (Å²) in [6, 6.07) is 0.206. The third-order valence-electron chi connectivity index (χ3n) is 5.51. The van der Waals surface area contributed by atoms with Gasteiger partial charge in [-0.05, 0) is 63.4 Å². The fourth-order valence-electron chi connectivity index (χ4n) is 4.41. The molecule has 2 aliphatic carbocycles. The molecule has 2 fully saturated rings. The lowest BCUT2D eigenvalue weighted by Gasteiger charge is -2.40. The molecule has 0 aromatic carbocycles. The van der Waals surface area contributed by atoms with Gasteiger partial charge in [-0.15, -0.1) is 0 Å². The fraction of sp³-hybridized carbons (Fsp3) is 0.647. The Kier molecular flexibility index (Phi) is 3.85. The van der Waals surface area contributed by atoms with Crippen LogP contribution in [0.25, 0.3) is 0 Å². The van der Waals surface area contributed by atoms with E-state index in [2.05, 4.69) is 10.3 Å². The monoisotopic (exact) mass is 304 g/mol. The highest BCUT2D eigenvalue weighted by Gasteiger charge is 2.47. The quantitative estimate of drug-likeness (QED) is 0.744. The van der Waals surface area contributed by atoms with Crippen molar-refractivity contribution < 1.29 is 14.7 Å². The van der Waals surface area contributed by atoms with Crippen molar-refractivity contribution in [2.24, 2.45) is 17.8 Å². The number of fused-ring (bicyclic) bond motifs is 1. The zero-order valence-corrected chi connectivity index (χ0v) is 13.4. The van der Waals surface area contributed by atoms with Crippen molar-refractivity contribution in [1.29, 1.82) is 0 Å². The van der Waals surface area contributed by atoms with Crippen molar-refractivity contribution in [3.05, 3.63) is 22.5 Å². The molecule has 0 spiro atoms. The Labute approximate surface area is 130 Å². The fourth-order valence-corrected chi connectivity index (χ4v) is 4.41. The summed E-state index contributed by atoms with van der Waals surface area (Å²) < 4.78 is 0. The van der Waals surface area contributed by atoms with E-state index in [9.17, 15) is 14.7 Å². The molecule has 2 aliphatic rings. The molecule has 3 rings (SSSR count). The zero-order chi connectivity index (χ0) is 16.0. The number of aliphatic hydroxyl groups excluding tert-OH is 1. The smallest absolute Gasteiger partial charge is 0.268 e. The van der Waals surface area contributed by atoms with Crippen LogP contribution in [0.4, 0.5) is 0 Å². The van der Waals surface area contributed by atoms with Crippen LogP contribution in [0.3, 0.4) is 0 Å². The van der Waals surface area contributed by atoms with Crippen molar-refractivity contribution in [2.45, 2.75) is 46.1 Å². The molecule has 0 bridgehead atoms. The number of rotatable bonds is 4. The van der Waals surface area contributed by atoms with Crippen LogP contribution in [0.2, 0.25) is 0 Å². The van der Waals surface area contributed by atoms with Crippen molar-refractivity contribution in [2.75, 3.05) is 6.61 Å². The van der Waals surface area contributed by atoms with Crippen LogP contribution < -0.4 is 5.32 Å². The van der Waals surface area contributed by atoms with Crippen LogP contribution in [0.1, 0.15) is 58.3 Å². The van der Waals surface area contributed by atoms with Crippen molar-refractivity contribution in [1.82, 2.24) is 10.3 Å². The van der Waals surface area contributed by atoms with E-state index in [1.807, 2.05) is 13.8 Å². The molecule has 0 aliphatic heterocycles. The minimum Gasteiger partial charge on any atom is -0.396 e. The van der Waals surface area contributed by atoms with E-state index in [4.69, 9.17) is 0 Å². The number of Topliss-reactive ketones (excluding diaryl/α,β-unsaturated/α-hetero) is 1. The summed E-state index contributed by atoms with van der Waals surface area (Å²) in [5.41, 5.74) is 2.61. The molecule has 1 amide bonds. The summed E-state index contributed by atoms with van der Waals surface area (Å²) in [6.07, 6.45) is 3.10. The van der Waals surface area contributed by atoms with Gasteiger partial charge in [0.1, 0.15) is 5.69 Å². The van der Waals surface area contributed by atoms with E-state index < -0.39 is 0 Å². The van der Waals surface area contributed by atoms with Crippen LogP contribution in [-0.2, 0) is 0 Å². The van der Waals surface area contributed by atoms with Crippen molar-refractivity contribution in [3.63, 3.8) is 0 Å². The van der Waals surface area contributed by atoms with Gasteiger partial charge in [-0.3, -0.25) is 9.59 Å². The number of aliphatic hydroxyl groups is 1. The maximum Gasteiger partial charge on any atom is 0.268 e. The van der Waals surface area contributed by atoms with Gasteiger partial charge in [-0.25, -0.2) is 0 Å². The molecule has 120 valence electrons. The Morgan fingerprint density at radius 1 is 1.27 bits per heavy atom. The number of nitrogens with one attached hydrogen (secondary N) is 2. The molecule has 1 unspecified atom stereocenters. The third kappa shape index (κ3) is 2.37. The van der Waals surface area contributed by atoms with E-state index >= 15 is 0 Å². The Hall–Kier alpha value is -1.62. The molecule has 1 heterocycles. The summed E-state index contributed by atoms with van der Waals surface area (Å²) in [5, 5.41) is 12.4. The average Bonchev–Trinajstić information content (AvgIpc) is 2.93. The first-order valence-electron chi connectivity index (χ1n) is 8.04. The van der Waals surface area contributed by atoms with E-state index in [1.165, 1.54) is 6.92 Å². The predicted octanol–water partition coefficient (Wildman–Crippen LogP) is 1.97. The lowest BCUT2D eigenvalue weighted by molar-refractivity contribution is 0.0801. The Morgan fingerprint density at radius 2 is 2.00 bits per heavy atom. The highest BCUT2D eigenvalue weighted by molar-refractivity contribution is 6.02. The molecule has 3 N–H and O–H groups in total. The number of carbonyl (C=O) groups excluding carboxylic acids is 2. The molecule has 2 saturated carbocycles. The number of hydrogen-bond donors (Lipinski definition) is 3. The summed E-state index contributed by atoms with van der Waals surface area (Å²) in [6.45, 7) is 5.41. The van der Waals surface area contributed by atoms with Gasteiger partial charge in [0, 0.05) is 23.9 Å². The van der Waals surface area contributed by atoms with Crippen LogP contribution in [-0.4, -0.2) is 34.4 Å². The van der Waals surface area contributed by atoms with Crippen LogP contribution >= 0.6 is 0 Å². The van der Waals surface area contributed by atoms with Gasteiger partial charge in [0.25, 0.3) is 5.91 Å². The first-order chi connectivity index (χ1) is 10.4. The largest absolute Gasteiger partial charge is 0.396 e. The first kappa shape index (κ1) is 15.3. The summed E-state index contributed by atoms with van der Waals surface area (Å²) >= 11 is 0. The summed E-state index contributed by atoms with van der Waals surface area (Å²) in [5.74, 6) is 1.42. The third-order valence-corrected chi connectivity index (χ3v) is 5.51. The molecule has 0 radical (unpaired) electrons. The van der Waals surface area contributed by atoms with Crippen LogP contribution in [0.5, 0.6) is 0 Å². The van der Waals surface area contributed by atoms with E-state index in [0.717, 1.165) is 30.5 Å². The second-order valence-corrected chi connectivity index (χ2v) is 6.94. The second kappa shape index (κ2) is 5.54. The number of amides is 1. The molecule has 5 nitrogen and oxygen atoms in total. The zero-order valence-electron chi connectivity index (χ0n) is 13.4. The number of aryl methyl sites for hydroxylation is 1. The highest BCUT2D eigenvalue weighted by atomic mass is 16.3. The molecule has 4 atom stereocenters. The van der Waals surface area contributed by atoms with E-state index in [1.54, 1.807) is 0 Å². The van der Waals surface area contributed by atoms with Crippen molar-refractivity contribution >= 4 is 11.7 Å². The number of ketones is 1. The lowest BCUT2D eigenvalue weighted by atomic mass is 9.71. The number of aromatic nitrogens is 1. The maximum atomic E-state index is 12.5. The molecular formula is C17H24N2O3.